The molecule has 3 nitrogen and oxygen atoms in total. The van der Waals surface area contributed by atoms with Gasteiger partial charge in [-0.05, 0) is 55.7 Å². The van der Waals surface area contributed by atoms with E-state index in [1.807, 2.05) is 37.4 Å². The minimum absolute atomic E-state index is 0.0257. The topological polar surface area (TPSA) is 51.8 Å². The van der Waals surface area contributed by atoms with Crippen molar-refractivity contribution in [3.05, 3.63) is 71.7 Å². The summed E-state index contributed by atoms with van der Waals surface area (Å²) < 4.78 is 0. The molecule has 3 aromatic rings. The van der Waals surface area contributed by atoms with E-state index >= 15 is 0 Å². The highest BCUT2D eigenvalue weighted by molar-refractivity contribution is 5.79. The Bertz CT molecular complexity index is 738. The van der Waals surface area contributed by atoms with Crippen molar-refractivity contribution in [2.24, 2.45) is 5.73 Å². The molecule has 3 heteroatoms. The Morgan fingerprint density at radius 2 is 2.00 bits per heavy atom. The van der Waals surface area contributed by atoms with Crippen LogP contribution in [0.4, 0.5) is 0 Å². The van der Waals surface area contributed by atoms with Crippen molar-refractivity contribution in [2.75, 3.05) is 0 Å². The lowest BCUT2D eigenvalue weighted by molar-refractivity contribution is 0.644. The minimum atomic E-state index is 0.0257. The van der Waals surface area contributed by atoms with Crippen LogP contribution in [-0.4, -0.2) is 9.97 Å². The van der Waals surface area contributed by atoms with Gasteiger partial charge in [0.25, 0.3) is 0 Å². The van der Waals surface area contributed by atoms with E-state index in [0.29, 0.717) is 0 Å². The summed E-state index contributed by atoms with van der Waals surface area (Å²) >= 11 is 0. The standard InChI is InChI=1S/C18H19N3/c1-13-5-6-15-12-14(7-10-18(15)21-13)17(19)9-8-16-4-2-3-11-20-16/h2-7,10-12,17H,8-9,19H2,1H3. The maximum Gasteiger partial charge on any atom is 0.0705 e. The number of nitrogens with zero attached hydrogens (tertiary/aromatic N) is 2. The quantitative estimate of drug-likeness (QED) is 0.793. The number of benzene rings is 1. The van der Waals surface area contributed by atoms with Crippen LogP contribution in [0.5, 0.6) is 0 Å². The molecule has 1 aromatic carbocycles. The SMILES string of the molecule is Cc1ccc2cc(C(N)CCc3ccccn3)ccc2n1. The van der Waals surface area contributed by atoms with E-state index in [9.17, 15) is 0 Å². The smallest absolute Gasteiger partial charge is 0.0705 e. The third kappa shape index (κ3) is 3.26. The molecule has 0 radical (unpaired) electrons. The highest BCUT2D eigenvalue weighted by atomic mass is 14.7. The summed E-state index contributed by atoms with van der Waals surface area (Å²) in [6.45, 7) is 2.01. The lowest BCUT2D eigenvalue weighted by Gasteiger charge is -2.12. The van der Waals surface area contributed by atoms with E-state index in [-0.39, 0.29) is 6.04 Å². The first kappa shape index (κ1) is 13.7. The van der Waals surface area contributed by atoms with Crippen molar-refractivity contribution in [3.63, 3.8) is 0 Å². The summed E-state index contributed by atoms with van der Waals surface area (Å²) in [7, 11) is 0. The van der Waals surface area contributed by atoms with Gasteiger partial charge in [0.2, 0.25) is 0 Å². The summed E-state index contributed by atoms with van der Waals surface area (Å²) in [5, 5.41) is 1.14. The monoisotopic (exact) mass is 277 g/mol. The molecule has 106 valence electrons. The van der Waals surface area contributed by atoms with Gasteiger partial charge in [-0.15, -0.1) is 0 Å². The summed E-state index contributed by atoms with van der Waals surface area (Å²) in [5.41, 5.74) is 10.6. The highest BCUT2D eigenvalue weighted by Gasteiger charge is 2.08. The van der Waals surface area contributed by atoms with E-state index in [2.05, 4.69) is 34.2 Å². The van der Waals surface area contributed by atoms with Crippen LogP contribution < -0.4 is 5.73 Å². The first-order valence-electron chi connectivity index (χ1n) is 7.25. The predicted octanol–water partition coefficient (Wildman–Crippen LogP) is 3.57. The van der Waals surface area contributed by atoms with Gasteiger partial charge in [0.15, 0.2) is 0 Å². The van der Waals surface area contributed by atoms with Crippen LogP contribution in [0.3, 0.4) is 0 Å². The first-order chi connectivity index (χ1) is 10.2. The average molecular weight is 277 g/mol. The van der Waals surface area contributed by atoms with Crippen molar-refractivity contribution in [3.8, 4) is 0 Å². The van der Waals surface area contributed by atoms with Crippen molar-refractivity contribution in [2.45, 2.75) is 25.8 Å². The summed E-state index contributed by atoms with van der Waals surface area (Å²) in [4.78, 5) is 8.86. The average Bonchev–Trinajstić information content (AvgIpc) is 2.53. The fourth-order valence-corrected chi connectivity index (χ4v) is 2.49. The van der Waals surface area contributed by atoms with Gasteiger partial charge in [0.1, 0.15) is 0 Å². The van der Waals surface area contributed by atoms with E-state index in [1.165, 1.54) is 0 Å². The maximum absolute atomic E-state index is 6.32. The molecule has 2 heterocycles. The molecule has 0 aliphatic heterocycles. The molecule has 0 aliphatic carbocycles. The van der Waals surface area contributed by atoms with Gasteiger partial charge in [0, 0.05) is 29.0 Å². The number of pyridine rings is 2. The van der Waals surface area contributed by atoms with Crippen molar-refractivity contribution in [1.29, 1.82) is 0 Å². The number of rotatable bonds is 4. The number of nitrogens with two attached hydrogens (primary N) is 1. The Morgan fingerprint density at radius 3 is 2.81 bits per heavy atom. The molecule has 2 N–H and O–H groups in total. The molecule has 2 aromatic heterocycles. The lowest BCUT2D eigenvalue weighted by Crippen LogP contribution is -2.11. The van der Waals surface area contributed by atoms with Crippen LogP contribution in [0, 0.1) is 6.92 Å². The van der Waals surface area contributed by atoms with Gasteiger partial charge in [0.05, 0.1) is 5.52 Å². The van der Waals surface area contributed by atoms with Gasteiger partial charge < -0.3 is 5.73 Å². The van der Waals surface area contributed by atoms with Gasteiger partial charge >= 0.3 is 0 Å². The summed E-state index contributed by atoms with van der Waals surface area (Å²) in [6, 6.07) is 16.4. The number of hydrogen-bond donors (Lipinski definition) is 1. The fourth-order valence-electron chi connectivity index (χ4n) is 2.49. The third-order valence-corrected chi connectivity index (χ3v) is 3.72. The van der Waals surface area contributed by atoms with Gasteiger partial charge in [-0.25, -0.2) is 0 Å². The van der Waals surface area contributed by atoms with Crippen molar-refractivity contribution in [1.82, 2.24) is 9.97 Å². The Balaban J connectivity index is 1.75. The van der Waals surface area contributed by atoms with Crippen LogP contribution in [-0.2, 0) is 6.42 Å². The predicted molar refractivity (Wildman–Crippen MR) is 86.0 cm³/mol. The van der Waals surface area contributed by atoms with Crippen LogP contribution >= 0.6 is 0 Å². The third-order valence-electron chi connectivity index (χ3n) is 3.72. The van der Waals surface area contributed by atoms with Crippen LogP contribution in [0.15, 0.2) is 54.7 Å². The maximum atomic E-state index is 6.32. The molecule has 0 saturated carbocycles. The Morgan fingerprint density at radius 1 is 1.10 bits per heavy atom. The lowest BCUT2D eigenvalue weighted by atomic mass is 10.00. The highest BCUT2D eigenvalue weighted by Crippen LogP contribution is 2.21. The Kier molecular flexibility index (Phi) is 3.93. The molecule has 0 amide bonds. The Labute approximate surface area is 124 Å². The molecule has 21 heavy (non-hydrogen) atoms. The molecular weight excluding hydrogens is 258 g/mol. The van der Waals surface area contributed by atoms with E-state index in [1.54, 1.807) is 0 Å². The normalized spacial score (nSPS) is 12.5. The molecule has 0 saturated heterocycles. The fraction of sp³-hybridized carbons (Fsp3) is 0.222. The van der Waals surface area contributed by atoms with E-state index in [0.717, 1.165) is 40.7 Å². The summed E-state index contributed by atoms with van der Waals surface area (Å²) in [6.07, 6.45) is 3.61. The zero-order chi connectivity index (χ0) is 14.7. The molecular formula is C18H19N3. The minimum Gasteiger partial charge on any atom is -0.324 e. The first-order valence-corrected chi connectivity index (χ1v) is 7.25. The van der Waals surface area contributed by atoms with Gasteiger partial charge in [-0.1, -0.05) is 18.2 Å². The van der Waals surface area contributed by atoms with Crippen LogP contribution in [0.1, 0.15) is 29.4 Å². The molecule has 0 bridgehead atoms. The second kappa shape index (κ2) is 6.02. The second-order valence-electron chi connectivity index (χ2n) is 5.37. The number of aromatic nitrogens is 2. The molecule has 1 atom stereocenters. The van der Waals surface area contributed by atoms with E-state index in [4.69, 9.17) is 5.73 Å². The zero-order valence-corrected chi connectivity index (χ0v) is 12.2. The number of hydrogen-bond acceptors (Lipinski definition) is 3. The summed E-state index contributed by atoms with van der Waals surface area (Å²) in [5.74, 6) is 0. The van der Waals surface area contributed by atoms with Crippen LogP contribution in [0.2, 0.25) is 0 Å². The number of fused-ring (bicyclic) bond motifs is 1. The van der Waals surface area contributed by atoms with Crippen molar-refractivity contribution >= 4 is 10.9 Å². The van der Waals surface area contributed by atoms with Gasteiger partial charge in [-0.2, -0.15) is 0 Å². The molecule has 1 unspecified atom stereocenters. The van der Waals surface area contributed by atoms with Crippen molar-refractivity contribution < 1.29 is 0 Å². The van der Waals surface area contributed by atoms with E-state index < -0.39 is 0 Å². The largest absolute Gasteiger partial charge is 0.324 e. The molecule has 3 rings (SSSR count). The molecule has 0 fully saturated rings. The van der Waals surface area contributed by atoms with Crippen LogP contribution in [0.25, 0.3) is 10.9 Å². The zero-order valence-electron chi connectivity index (χ0n) is 12.2. The second-order valence-corrected chi connectivity index (χ2v) is 5.37. The van der Waals surface area contributed by atoms with Gasteiger partial charge in [-0.3, -0.25) is 9.97 Å². The Hall–Kier alpha value is -2.26. The molecule has 0 aliphatic rings. The number of aryl methyl sites for hydroxylation is 2. The molecule has 0 spiro atoms.